The van der Waals surface area contributed by atoms with Crippen molar-refractivity contribution >= 4 is 22.8 Å². The number of hydrogen-bond donors (Lipinski definition) is 3. The van der Waals surface area contributed by atoms with Crippen molar-refractivity contribution in [2.45, 2.75) is 38.1 Å². The summed E-state index contributed by atoms with van der Waals surface area (Å²) in [5.41, 5.74) is 4.11. The number of aliphatic hydroxyl groups is 1. The number of fused-ring (bicyclic) bond motifs is 1. The summed E-state index contributed by atoms with van der Waals surface area (Å²) in [5, 5.41) is 21.7. The molecule has 0 aliphatic rings. The highest BCUT2D eigenvalue weighted by molar-refractivity contribution is 5.94. The van der Waals surface area contributed by atoms with Gasteiger partial charge in [-0.3, -0.25) is 5.32 Å². The highest BCUT2D eigenvalue weighted by Gasteiger charge is 2.41. The van der Waals surface area contributed by atoms with Crippen LogP contribution in [0.1, 0.15) is 47.8 Å². The summed E-state index contributed by atoms with van der Waals surface area (Å²) in [4.78, 5) is 18.2. The normalized spacial score (nSPS) is 12.8. The number of hydrogen-bond acceptors (Lipinski definition) is 6. The second-order valence-corrected chi connectivity index (χ2v) is 11.7. The molecule has 0 bridgehead atoms. The summed E-state index contributed by atoms with van der Waals surface area (Å²) in [6, 6.07) is 41.5. The number of carbonyl (C=O) groups excluding carboxylic acids is 1. The Morgan fingerprint density at radius 1 is 0.833 bits per heavy atom. The maximum atomic E-state index is 13.4. The SMILES string of the molecule is COc1nn(C(c2ccccc2)(c2ccccc2)c2ccccc2)c2cc(NC(=O)N[C@H](C)c3ccccc3)nc(COCC(C)O)c12. The third kappa shape index (κ3) is 6.51. The van der Waals surface area contributed by atoms with Gasteiger partial charge in [-0.2, -0.15) is 0 Å². The average molecular weight is 642 g/mol. The van der Waals surface area contributed by atoms with Crippen molar-refractivity contribution in [3.05, 3.63) is 155 Å². The number of benzene rings is 4. The molecule has 0 radical (unpaired) electrons. The molecule has 2 aromatic heterocycles. The zero-order valence-corrected chi connectivity index (χ0v) is 27.2. The van der Waals surface area contributed by atoms with Gasteiger partial charge < -0.3 is 19.9 Å². The van der Waals surface area contributed by atoms with E-state index in [0.717, 1.165) is 22.3 Å². The molecule has 2 heterocycles. The van der Waals surface area contributed by atoms with Crippen molar-refractivity contribution < 1.29 is 19.4 Å². The number of nitrogens with zero attached hydrogens (tertiary/aromatic N) is 3. The van der Waals surface area contributed by atoms with Crippen LogP contribution in [0.5, 0.6) is 5.88 Å². The Morgan fingerprint density at radius 3 is 1.85 bits per heavy atom. The molecule has 4 aromatic carbocycles. The van der Waals surface area contributed by atoms with Gasteiger partial charge in [0.05, 0.1) is 49.1 Å². The van der Waals surface area contributed by atoms with E-state index in [2.05, 4.69) is 47.0 Å². The maximum absolute atomic E-state index is 13.4. The second-order valence-electron chi connectivity index (χ2n) is 11.7. The van der Waals surface area contributed by atoms with E-state index >= 15 is 0 Å². The number of aliphatic hydroxyl groups excluding tert-OH is 1. The molecule has 2 amide bonds. The van der Waals surface area contributed by atoms with Crippen LogP contribution in [-0.4, -0.2) is 45.7 Å². The van der Waals surface area contributed by atoms with Gasteiger partial charge in [0, 0.05) is 6.07 Å². The molecule has 0 saturated carbocycles. The zero-order chi connectivity index (χ0) is 33.5. The molecule has 244 valence electrons. The van der Waals surface area contributed by atoms with Gasteiger partial charge in [-0.05, 0) is 36.1 Å². The van der Waals surface area contributed by atoms with Crippen molar-refractivity contribution in [2.75, 3.05) is 19.0 Å². The van der Waals surface area contributed by atoms with Gasteiger partial charge in [-0.15, -0.1) is 5.10 Å². The van der Waals surface area contributed by atoms with E-state index in [1.54, 1.807) is 14.0 Å². The predicted molar refractivity (Wildman–Crippen MR) is 187 cm³/mol. The van der Waals surface area contributed by atoms with Crippen LogP contribution in [0.4, 0.5) is 10.6 Å². The van der Waals surface area contributed by atoms with E-state index in [-0.39, 0.29) is 19.3 Å². The number of amides is 2. The number of methoxy groups -OCH3 is 1. The van der Waals surface area contributed by atoms with Gasteiger partial charge in [-0.25, -0.2) is 14.5 Å². The maximum Gasteiger partial charge on any atom is 0.320 e. The monoisotopic (exact) mass is 641 g/mol. The van der Waals surface area contributed by atoms with E-state index in [1.807, 2.05) is 103 Å². The molecule has 1 unspecified atom stereocenters. The number of pyridine rings is 1. The Kier molecular flexibility index (Phi) is 9.80. The topological polar surface area (TPSA) is 111 Å². The predicted octanol–water partition coefficient (Wildman–Crippen LogP) is 7.06. The Labute approximate surface area is 280 Å². The molecule has 6 aromatic rings. The summed E-state index contributed by atoms with van der Waals surface area (Å²) in [6.45, 7) is 3.74. The quantitative estimate of drug-likeness (QED) is 0.123. The molecule has 0 saturated heterocycles. The molecule has 0 aliphatic heterocycles. The third-order valence-electron chi connectivity index (χ3n) is 8.28. The van der Waals surface area contributed by atoms with Crippen molar-refractivity contribution in [2.24, 2.45) is 0 Å². The first-order valence-corrected chi connectivity index (χ1v) is 15.9. The van der Waals surface area contributed by atoms with E-state index in [0.29, 0.717) is 28.3 Å². The van der Waals surface area contributed by atoms with E-state index in [4.69, 9.17) is 19.6 Å². The second kappa shape index (κ2) is 14.5. The third-order valence-corrected chi connectivity index (χ3v) is 8.28. The molecule has 0 spiro atoms. The van der Waals surface area contributed by atoms with Crippen LogP contribution in [0.25, 0.3) is 10.9 Å². The lowest BCUT2D eigenvalue weighted by Crippen LogP contribution is -2.38. The molecule has 48 heavy (non-hydrogen) atoms. The van der Waals surface area contributed by atoms with Crippen LogP contribution in [0.15, 0.2) is 127 Å². The molecule has 9 heteroatoms. The van der Waals surface area contributed by atoms with Crippen LogP contribution >= 0.6 is 0 Å². The minimum absolute atomic E-state index is 0.0516. The van der Waals surface area contributed by atoms with Crippen LogP contribution in [0.3, 0.4) is 0 Å². The highest BCUT2D eigenvalue weighted by atomic mass is 16.5. The summed E-state index contributed by atoms with van der Waals surface area (Å²) in [5.74, 6) is 0.664. The number of urea groups is 1. The Hall–Kier alpha value is -5.51. The first-order valence-electron chi connectivity index (χ1n) is 15.9. The number of carbonyl (C=O) groups is 1. The van der Waals surface area contributed by atoms with Gasteiger partial charge in [0.15, 0.2) is 0 Å². The number of nitrogens with one attached hydrogen (secondary N) is 2. The molecule has 0 fully saturated rings. The molecule has 2 atom stereocenters. The molecular formula is C39H39N5O4. The molecule has 6 rings (SSSR count). The summed E-state index contributed by atoms with van der Waals surface area (Å²) >= 11 is 0. The number of anilines is 1. The Morgan fingerprint density at radius 2 is 1.35 bits per heavy atom. The minimum atomic E-state index is -0.959. The standard InChI is InChI=1S/C39H39N5O4/c1-27(45)25-48-26-33-36-34(24-35(41-33)42-38(46)40-28(2)29-16-8-4-9-17-29)44(43-37(36)47-3)39(30-18-10-5-11-19-30,31-20-12-6-13-21-31)32-22-14-7-15-23-32/h4-24,27-28,45H,25-26H2,1-3H3,(H2,40,41,42,46)/t27?,28-/m1/s1. The Balaban J connectivity index is 1.58. The van der Waals surface area contributed by atoms with E-state index in [1.165, 1.54) is 0 Å². The fourth-order valence-electron chi connectivity index (χ4n) is 6.15. The number of aromatic nitrogens is 3. The molecule has 3 N–H and O–H groups in total. The first-order chi connectivity index (χ1) is 23.4. The fraction of sp³-hybridized carbons (Fsp3) is 0.205. The van der Waals surface area contributed by atoms with E-state index < -0.39 is 17.7 Å². The van der Waals surface area contributed by atoms with Crippen LogP contribution in [0.2, 0.25) is 0 Å². The van der Waals surface area contributed by atoms with Crippen LogP contribution < -0.4 is 15.4 Å². The van der Waals surface area contributed by atoms with Gasteiger partial charge in [0.1, 0.15) is 11.4 Å². The smallest absolute Gasteiger partial charge is 0.320 e. The Bertz CT molecular complexity index is 1850. The molecule has 9 nitrogen and oxygen atoms in total. The summed E-state index contributed by atoms with van der Waals surface area (Å²) < 4.78 is 13.8. The van der Waals surface area contributed by atoms with Gasteiger partial charge in [-0.1, -0.05) is 121 Å². The fourth-order valence-corrected chi connectivity index (χ4v) is 6.15. The van der Waals surface area contributed by atoms with E-state index in [9.17, 15) is 9.90 Å². The summed E-state index contributed by atoms with van der Waals surface area (Å²) in [6.07, 6.45) is -0.668. The lowest BCUT2D eigenvalue weighted by atomic mass is 9.77. The lowest BCUT2D eigenvalue weighted by molar-refractivity contribution is 0.0368. The van der Waals surface area contributed by atoms with Crippen LogP contribution in [-0.2, 0) is 16.9 Å². The number of ether oxygens (including phenoxy) is 2. The number of rotatable bonds is 12. The first kappa shape index (κ1) is 32.4. The van der Waals surface area contributed by atoms with Crippen molar-refractivity contribution in [1.29, 1.82) is 0 Å². The van der Waals surface area contributed by atoms with Crippen molar-refractivity contribution in [1.82, 2.24) is 20.1 Å². The zero-order valence-electron chi connectivity index (χ0n) is 27.2. The highest BCUT2D eigenvalue weighted by Crippen LogP contribution is 2.44. The van der Waals surface area contributed by atoms with Crippen molar-refractivity contribution in [3.8, 4) is 5.88 Å². The van der Waals surface area contributed by atoms with Gasteiger partial charge in [0.25, 0.3) is 0 Å². The van der Waals surface area contributed by atoms with Crippen LogP contribution in [0, 0.1) is 0 Å². The lowest BCUT2D eigenvalue weighted by Gasteiger charge is -2.37. The van der Waals surface area contributed by atoms with Gasteiger partial charge in [0.2, 0.25) is 5.88 Å². The van der Waals surface area contributed by atoms with Crippen molar-refractivity contribution in [3.63, 3.8) is 0 Å². The molecular weight excluding hydrogens is 602 g/mol. The summed E-state index contributed by atoms with van der Waals surface area (Å²) in [7, 11) is 1.58. The molecule has 0 aliphatic carbocycles. The average Bonchev–Trinajstić information content (AvgIpc) is 3.49. The largest absolute Gasteiger partial charge is 0.479 e. The van der Waals surface area contributed by atoms with Gasteiger partial charge >= 0.3 is 6.03 Å². The minimum Gasteiger partial charge on any atom is -0.479 e.